The van der Waals surface area contributed by atoms with Gasteiger partial charge in [0.15, 0.2) is 5.76 Å². The van der Waals surface area contributed by atoms with Gasteiger partial charge in [-0.2, -0.15) is 0 Å². The summed E-state index contributed by atoms with van der Waals surface area (Å²) >= 11 is 5.90. The molecule has 1 aromatic carbocycles. The molecular formula is C20H20ClN3O4. The minimum atomic E-state index is -0.664. The monoisotopic (exact) mass is 401 g/mol. The summed E-state index contributed by atoms with van der Waals surface area (Å²) in [5, 5.41) is 0.602. The van der Waals surface area contributed by atoms with Crippen molar-refractivity contribution in [2.24, 2.45) is 5.92 Å². The summed E-state index contributed by atoms with van der Waals surface area (Å²) in [6.07, 6.45) is 1.96. The van der Waals surface area contributed by atoms with Crippen LogP contribution in [0.15, 0.2) is 47.1 Å². The number of furan rings is 1. The highest BCUT2D eigenvalue weighted by Gasteiger charge is 2.40. The van der Waals surface area contributed by atoms with Gasteiger partial charge in [-0.3, -0.25) is 14.4 Å². The lowest BCUT2D eigenvalue weighted by Gasteiger charge is -2.35. The Labute approximate surface area is 167 Å². The Balaban J connectivity index is 1.36. The van der Waals surface area contributed by atoms with Crippen molar-refractivity contribution in [1.82, 2.24) is 9.80 Å². The van der Waals surface area contributed by atoms with E-state index in [4.69, 9.17) is 16.0 Å². The fourth-order valence-corrected chi connectivity index (χ4v) is 3.82. The highest BCUT2D eigenvalue weighted by molar-refractivity contribution is 6.30. The summed E-state index contributed by atoms with van der Waals surface area (Å²) in [4.78, 5) is 43.0. The van der Waals surface area contributed by atoms with Gasteiger partial charge in [0.2, 0.25) is 11.8 Å². The molecule has 1 unspecified atom stereocenters. The van der Waals surface area contributed by atoms with E-state index < -0.39 is 5.92 Å². The molecule has 2 aliphatic heterocycles. The topological polar surface area (TPSA) is 74.1 Å². The third kappa shape index (κ3) is 3.49. The summed E-state index contributed by atoms with van der Waals surface area (Å²) in [5.74, 6) is -0.886. The van der Waals surface area contributed by atoms with Crippen molar-refractivity contribution in [2.75, 3.05) is 37.6 Å². The Morgan fingerprint density at radius 2 is 1.64 bits per heavy atom. The summed E-state index contributed by atoms with van der Waals surface area (Å²) in [6.45, 7) is 2.18. The molecule has 2 aromatic rings. The van der Waals surface area contributed by atoms with Crippen LogP contribution in [0.1, 0.15) is 17.0 Å². The zero-order chi connectivity index (χ0) is 19.7. The van der Waals surface area contributed by atoms with Crippen LogP contribution < -0.4 is 4.90 Å². The van der Waals surface area contributed by atoms with E-state index in [1.807, 2.05) is 0 Å². The molecule has 7 nitrogen and oxygen atoms in total. The first-order valence-corrected chi connectivity index (χ1v) is 9.61. The first-order valence-electron chi connectivity index (χ1n) is 9.23. The number of halogens is 1. The Bertz CT molecular complexity index is 873. The van der Waals surface area contributed by atoms with Crippen molar-refractivity contribution >= 4 is 35.0 Å². The van der Waals surface area contributed by atoms with E-state index in [2.05, 4.69) is 0 Å². The Kier molecular flexibility index (Phi) is 5.09. The third-order valence-corrected chi connectivity index (χ3v) is 5.50. The van der Waals surface area contributed by atoms with Crippen LogP contribution in [0.5, 0.6) is 0 Å². The van der Waals surface area contributed by atoms with Crippen LogP contribution in [0.2, 0.25) is 5.02 Å². The predicted molar refractivity (Wildman–Crippen MR) is 103 cm³/mol. The summed E-state index contributed by atoms with van der Waals surface area (Å²) in [6, 6.07) is 10.3. The van der Waals surface area contributed by atoms with Crippen LogP contribution in [0, 0.1) is 5.92 Å². The first-order chi connectivity index (χ1) is 13.5. The van der Waals surface area contributed by atoms with Gasteiger partial charge in [0.25, 0.3) is 5.91 Å². The number of amides is 3. The maximum Gasteiger partial charge on any atom is 0.289 e. The van der Waals surface area contributed by atoms with Gasteiger partial charge in [-0.1, -0.05) is 11.6 Å². The number of benzene rings is 1. The van der Waals surface area contributed by atoms with E-state index in [-0.39, 0.29) is 17.7 Å². The number of nitrogens with zero attached hydrogens (tertiary/aromatic N) is 3. The zero-order valence-corrected chi connectivity index (χ0v) is 16.0. The number of anilines is 1. The second kappa shape index (κ2) is 7.67. The van der Waals surface area contributed by atoms with Gasteiger partial charge in [0.1, 0.15) is 5.92 Å². The van der Waals surface area contributed by atoms with Crippen LogP contribution in [0.25, 0.3) is 0 Å². The first kappa shape index (κ1) is 18.6. The van der Waals surface area contributed by atoms with E-state index >= 15 is 0 Å². The highest BCUT2D eigenvalue weighted by Crippen LogP contribution is 2.28. The quantitative estimate of drug-likeness (QED) is 0.739. The summed E-state index contributed by atoms with van der Waals surface area (Å²) in [5.41, 5.74) is 0.749. The van der Waals surface area contributed by atoms with Gasteiger partial charge >= 0.3 is 0 Å². The van der Waals surface area contributed by atoms with Crippen LogP contribution in [-0.4, -0.2) is 60.2 Å². The molecule has 2 fully saturated rings. The summed E-state index contributed by atoms with van der Waals surface area (Å²) in [7, 11) is 0. The number of rotatable bonds is 3. The molecule has 0 aliphatic carbocycles. The lowest BCUT2D eigenvalue weighted by Crippen LogP contribution is -2.52. The lowest BCUT2D eigenvalue weighted by molar-refractivity contribution is -0.141. The lowest BCUT2D eigenvalue weighted by atomic mass is 10.1. The maximum absolute atomic E-state index is 12.9. The molecule has 0 radical (unpaired) electrons. The molecule has 0 bridgehead atoms. The Morgan fingerprint density at radius 1 is 0.964 bits per heavy atom. The standard InChI is InChI=1S/C20H20ClN3O4/c21-14-3-5-15(6-4-14)24-8-7-16(19(24)26)18(25)22-9-11-23(12-10-22)20(27)17-2-1-13-28-17/h1-6,13,16H,7-12H2. The van der Waals surface area contributed by atoms with E-state index in [0.29, 0.717) is 49.9 Å². The number of hydrogen-bond acceptors (Lipinski definition) is 4. The van der Waals surface area contributed by atoms with Crippen molar-refractivity contribution in [2.45, 2.75) is 6.42 Å². The molecule has 4 rings (SSSR count). The second-order valence-electron chi connectivity index (χ2n) is 6.90. The van der Waals surface area contributed by atoms with Crippen LogP contribution in [-0.2, 0) is 9.59 Å². The minimum Gasteiger partial charge on any atom is -0.459 e. The van der Waals surface area contributed by atoms with Gasteiger partial charge < -0.3 is 19.1 Å². The molecule has 3 amide bonds. The third-order valence-electron chi connectivity index (χ3n) is 5.25. The summed E-state index contributed by atoms with van der Waals surface area (Å²) < 4.78 is 5.15. The molecule has 8 heteroatoms. The molecule has 0 N–H and O–H groups in total. The number of carbonyl (C=O) groups is 3. The van der Waals surface area contributed by atoms with Gasteiger partial charge in [-0.15, -0.1) is 0 Å². The number of carbonyl (C=O) groups excluding carboxylic acids is 3. The largest absolute Gasteiger partial charge is 0.459 e. The van der Waals surface area contributed by atoms with E-state index in [0.717, 1.165) is 5.69 Å². The Morgan fingerprint density at radius 3 is 2.29 bits per heavy atom. The van der Waals surface area contributed by atoms with Crippen molar-refractivity contribution in [3.05, 3.63) is 53.4 Å². The molecule has 0 spiro atoms. The Hall–Kier alpha value is -2.80. The number of piperazine rings is 1. The van der Waals surface area contributed by atoms with Crippen molar-refractivity contribution in [3.63, 3.8) is 0 Å². The van der Waals surface area contributed by atoms with E-state index in [1.165, 1.54) is 6.26 Å². The fourth-order valence-electron chi connectivity index (χ4n) is 3.69. The second-order valence-corrected chi connectivity index (χ2v) is 7.34. The molecule has 146 valence electrons. The minimum absolute atomic E-state index is 0.161. The maximum atomic E-state index is 12.9. The van der Waals surface area contributed by atoms with Crippen LogP contribution in [0.4, 0.5) is 5.69 Å². The van der Waals surface area contributed by atoms with Crippen LogP contribution in [0.3, 0.4) is 0 Å². The SMILES string of the molecule is O=C(c1ccco1)N1CCN(C(=O)C2CCN(c3ccc(Cl)cc3)C2=O)CC1. The normalized spacial score (nSPS) is 20.0. The fraction of sp³-hybridized carbons (Fsp3) is 0.350. The molecule has 1 atom stereocenters. The van der Waals surface area contributed by atoms with Gasteiger partial charge in [0, 0.05) is 43.4 Å². The van der Waals surface area contributed by atoms with Crippen molar-refractivity contribution in [3.8, 4) is 0 Å². The van der Waals surface area contributed by atoms with E-state index in [1.54, 1.807) is 51.1 Å². The number of hydrogen-bond donors (Lipinski definition) is 0. The smallest absolute Gasteiger partial charge is 0.289 e. The predicted octanol–water partition coefficient (Wildman–Crippen LogP) is 2.27. The molecule has 2 aliphatic rings. The molecule has 28 heavy (non-hydrogen) atoms. The van der Waals surface area contributed by atoms with Gasteiger partial charge in [0.05, 0.1) is 6.26 Å². The average Bonchev–Trinajstić information content (AvgIpc) is 3.38. The highest BCUT2D eigenvalue weighted by atomic mass is 35.5. The van der Waals surface area contributed by atoms with Crippen LogP contribution >= 0.6 is 11.6 Å². The van der Waals surface area contributed by atoms with Gasteiger partial charge in [-0.25, -0.2) is 0 Å². The van der Waals surface area contributed by atoms with Crippen molar-refractivity contribution in [1.29, 1.82) is 0 Å². The zero-order valence-electron chi connectivity index (χ0n) is 15.2. The molecule has 1 aromatic heterocycles. The van der Waals surface area contributed by atoms with Gasteiger partial charge in [-0.05, 0) is 42.8 Å². The van der Waals surface area contributed by atoms with Crippen molar-refractivity contribution < 1.29 is 18.8 Å². The molecule has 3 heterocycles. The average molecular weight is 402 g/mol. The molecule has 2 saturated heterocycles. The van der Waals surface area contributed by atoms with E-state index in [9.17, 15) is 14.4 Å². The molecule has 0 saturated carbocycles. The molecular weight excluding hydrogens is 382 g/mol.